The Morgan fingerprint density at radius 1 is 1.50 bits per heavy atom. The SMILES string of the molecule is O=C1Nc2ccsc2NC12CC2. The summed E-state index contributed by atoms with van der Waals surface area (Å²) in [6, 6.07) is 1.93. The van der Waals surface area contributed by atoms with Gasteiger partial charge in [0.05, 0.1) is 5.69 Å². The van der Waals surface area contributed by atoms with Crippen molar-refractivity contribution >= 4 is 27.9 Å². The van der Waals surface area contributed by atoms with Gasteiger partial charge in [0.1, 0.15) is 10.5 Å². The molecule has 1 aromatic rings. The van der Waals surface area contributed by atoms with Gasteiger partial charge in [0.15, 0.2) is 0 Å². The first-order chi connectivity index (χ1) is 5.80. The number of anilines is 2. The van der Waals surface area contributed by atoms with Crippen molar-refractivity contribution < 1.29 is 4.79 Å². The minimum Gasteiger partial charge on any atom is -0.361 e. The van der Waals surface area contributed by atoms with Gasteiger partial charge in [0, 0.05) is 0 Å². The Kier molecular flexibility index (Phi) is 0.985. The summed E-state index contributed by atoms with van der Waals surface area (Å²) in [5.74, 6) is 0.133. The van der Waals surface area contributed by atoms with Crippen LogP contribution < -0.4 is 10.6 Å². The molecule has 1 aromatic heterocycles. The smallest absolute Gasteiger partial charge is 0.250 e. The third-order valence-corrected chi connectivity index (χ3v) is 3.28. The predicted octanol–water partition coefficient (Wildman–Crippen LogP) is 1.64. The molecule has 3 rings (SSSR count). The first-order valence-corrected chi connectivity index (χ1v) is 4.85. The molecule has 0 atom stereocenters. The fourth-order valence-electron chi connectivity index (χ4n) is 1.50. The van der Waals surface area contributed by atoms with Gasteiger partial charge in [-0.3, -0.25) is 4.79 Å². The Labute approximate surface area is 73.8 Å². The van der Waals surface area contributed by atoms with Crippen LogP contribution in [-0.4, -0.2) is 11.4 Å². The number of fused-ring (bicyclic) bond motifs is 1. The highest BCUT2D eigenvalue weighted by Gasteiger charge is 2.52. The van der Waals surface area contributed by atoms with Crippen LogP contribution in [0.15, 0.2) is 11.4 Å². The number of amides is 1. The van der Waals surface area contributed by atoms with E-state index in [2.05, 4.69) is 10.6 Å². The van der Waals surface area contributed by atoms with Gasteiger partial charge in [0.2, 0.25) is 5.91 Å². The third kappa shape index (κ3) is 0.679. The maximum atomic E-state index is 11.5. The molecule has 0 radical (unpaired) electrons. The van der Waals surface area contributed by atoms with Crippen LogP contribution in [0.2, 0.25) is 0 Å². The van der Waals surface area contributed by atoms with E-state index in [1.807, 2.05) is 11.4 Å². The summed E-state index contributed by atoms with van der Waals surface area (Å²) >= 11 is 1.64. The molecule has 3 nitrogen and oxygen atoms in total. The number of rotatable bonds is 0. The van der Waals surface area contributed by atoms with Crippen LogP contribution in [0, 0.1) is 0 Å². The summed E-state index contributed by atoms with van der Waals surface area (Å²) in [6.45, 7) is 0. The standard InChI is InChI=1S/C8H8N2OS/c11-7-8(2-3-8)10-6-5(9-7)1-4-12-6/h1,4,10H,2-3H2,(H,9,11). The average molecular weight is 180 g/mol. The minimum atomic E-state index is -0.238. The van der Waals surface area contributed by atoms with Gasteiger partial charge in [-0.05, 0) is 24.3 Å². The number of carbonyl (C=O) groups excluding carboxylic acids is 1. The molecule has 2 heterocycles. The summed E-state index contributed by atoms with van der Waals surface area (Å²) in [5.41, 5.74) is 0.695. The first kappa shape index (κ1) is 6.48. The molecule has 1 aliphatic carbocycles. The van der Waals surface area contributed by atoms with E-state index in [9.17, 15) is 4.79 Å². The summed E-state index contributed by atoms with van der Waals surface area (Å²) in [6.07, 6.45) is 1.94. The van der Waals surface area contributed by atoms with E-state index in [1.54, 1.807) is 11.3 Å². The van der Waals surface area contributed by atoms with Crippen LogP contribution in [0.5, 0.6) is 0 Å². The molecule has 4 heteroatoms. The number of thiophene rings is 1. The molecule has 1 saturated carbocycles. The highest BCUT2D eigenvalue weighted by atomic mass is 32.1. The number of carbonyl (C=O) groups is 1. The zero-order valence-corrected chi connectivity index (χ0v) is 7.20. The van der Waals surface area contributed by atoms with Gasteiger partial charge < -0.3 is 10.6 Å². The topological polar surface area (TPSA) is 41.1 Å². The number of hydrogen-bond donors (Lipinski definition) is 2. The van der Waals surface area contributed by atoms with Gasteiger partial charge in [0.25, 0.3) is 0 Å². The van der Waals surface area contributed by atoms with E-state index < -0.39 is 0 Å². The number of nitrogens with one attached hydrogen (secondary N) is 2. The Morgan fingerprint density at radius 3 is 3.08 bits per heavy atom. The van der Waals surface area contributed by atoms with Crippen molar-refractivity contribution in [1.29, 1.82) is 0 Å². The van der Waals surface area contributed by atoms with Crippen LogP contribution in [0.3, 0.4) is 0 Å². The summed E-state index contributed by atoms with van der Waals surface area (Å²) < 4.78 is 0. The lowest BCUT2D eigenvalue weighted by Gasteiger charge is -2.23. The van der Waals surface area contributed by atoms with Crippen molar-refractivity contribution in [3.05, 3.63) is 11.4 Å². The van der Waals surface area contributed by atoms with Crippen molar-refractivity contribution in [2.45, 2.75) is 18.4 Å². The van der Waals surface area contributed by atoms with Crippen molar-refractivity contribution in [1.82, 2.24) is 0 Å². The van der Waals surface area contributed by atoms with Crippen LogP contribution in [-0.2, 0) is 4.79 Å². The minimum absolute atomic E-state index is 0.133. The van der Waals surface area contributed by atoms with E-state index >= 15 is 0 Å². The second-order valence-electron chi connectivity index (χ2n) is 3.32. The van der Waals surface area contributed by atoms with E-state index in [0.717, 1.165) is 23.5 Å². The Hall–Kier alpha value is -1.03. The molecule has 1 aliphatic heterocycles. The molecule has 0 aromatic carbocycles. The van der Waals surface area contributed by atoms with Gasteiger partial charge >= 0.3 is 0 Å². The molecule has 0 saturated heterocycles. The molecule has 62 valence electrons. The highest BCUT2D eigenvalue weighted by Crippen LogP contribution is 2.46. The molecular formula is C8H8N2OS. The zero-order chi connectivity index (χ0) is 8.18. The Bertz CT molecular complexity index is 354. The lowest BCUT2D eigenvalue weighted by Crippen LogP contribution is -2.40. The van der Waals surface area contributed by atoms with Crippen molar-refractivity contribution in [2.75, 3.05) is 10.6 Å². The summed E-state index contributed by atoms with van der Waals surface area (Å²) in [5, 5.41) is 9.27. The normalized spacial score (nSPS) is 22.8. The second kappa shape index (κ2) is 1.82. The lowest BCUT2D eigenvalue weighted by molar-refractivity contribution is -0.117. The monoisotopic (exact) mass is 180 g/mol. The van der Waals surface area contributed by atoms with Crippen molar-refractivity contribution in [3.63, 3.8) is 0 Å². The van der Waals surface area contributed by atoms with E-state index in [1.165, 1.54) is 0 Å². The molecule has 2 aliphatic rings. The quantitative estimate of drug-likeness (QED) is 0.637. The van der Waals surface area contributed by atoms with Crippen LogP contribution in [0.25, 0.3) is 0 Å². The molecule has 1 fully saturated rings. The average Bonchev–Trinajstić information content (AvgIpc) is 2.67. The lowest BCUT2D eigenvalue weighted by atomic mass is 10.2. The Balaban J connectivity index is 2.07. The predicted molar refractivity (Wildman–Crippen MR) is 48.5 cm³/mol. The van der Waals surface area contributed by atoms with Gasteiger partial charge in [-0.1, -0.05) is 0 Å². The fraction of sp³-hybridized carbons (Fsp3) is 0.375. The van der Waals surface area contributed by atoms with Crippen LogP contribution >= 0.6 is 11.3 Å². The molecule has 12 heavy (non-hydrogen) atoms. The second-order valence-corrected chi connectivity index (χ2v) is 4.24. The van der Waals surface area contributed by atoms with Crippen molar-refractivity contribution in [3.8, 4) is 0 Å². The van der Waals surface area contributed by atoms with Gasteiger partial charge in [-0.2, -0.15) is 0 Å². The highest BCUT2D eigenvalue weighted by molar-refractivity contribution is 7.15. The molecule has 2 N–H and O–H groups in total. The summed E-state index contributed by atoms with van der Waals surface area (Å²) in [4.78, 5) is 11.5. The van der Waals surface area contributed by atoms with E-state index in [-0.39, 0.29) is 11.4 Å². The molecule has 1 spiro atoms. The molecule has 0 bridgehead atoms. The maximum Gasteiger partial charge on any atom is 0.250 e. The van der Waals surface area contributed by atoms with Crippen LogP contribution in [0.4, 0.5) is 10.7 Å². The van der Waals surface area contributed by atoms with Gasteiger partial charge in [-0.25, -0.2) is 0 Å². The fourth-order valence-corrected chi connectivity index (χ4v) is 2.34. The third-order valence-electron chi connectivity index (χ3n) is 2.45. The molecule has 1 amide bonds. The zero-order valence-electron chi connectivity index (χ0n) is 6.39. The Morgan fingerprint density at radius 2 is 2.33 bits per heavy atom. The van der Waals surface area contributed by atoms with E-state index in [0.29, 0.717) is 0 Å². The molecular weight excluding hydrogens is 172 g/mol. The maximum absolute atomic E-state index is 11.5. The first-order valence-electron chi connectivity index (χ1n) is 3.97. The van der Waals surface area contributed by atoms with E-state index in [4.69, 9.17) is 0 Å². The summed E-state index contributed by atoms with van der Waals surface area (Å²) in [7, 11) is 0. The molecule has 0 unspecified atom stereocenters. The largest absolute Gasteiger partial charge is 0.361 e. The van der Waals surface area contributed by atoms with Gasteiger partial charge in [-0.15, -0.1) is 11.3 Å². The van der Waals surface area contributed by atoms with Crippen molar-refractivity contribution in [2.24, 2.45) is 0 Å². The van der Waals surface area contributed by atoms with Crippen LogP contribution in [0.1, 0.15) is 12.8 Å². The number of hydrogen-bond acceptors (Lipinski definition) is 3.